The van der Waals surface area contributed by atoms with Gasteiger partial charge in [-0.05, 0) is 12.8 Å². The molecular weight excluding hydrogens is 148 g/mol. The van der Waals surface area contributed by atoms with Gasteiger partial charge in [0, 0.05) is 0 Å². The summed E-state index contributed by atoms with van der Waals surface area (Å²) in [6.07, 6.45) is 7.07. The van der Waals surface area contributed by atoms with Crippen LogP contribution in [0.25, 0.3) is 0 Å². The first kappa shape index (κ1) is 11.4. The van der Waals surface area contributed by atoms with E-state index < -0.39 is 0 Å². The second kappa shape index (κ2) is 6.02. The third kappa shape index (κ3) is 4.35. The summed E-state index contributed by atoms with van der Waals surface area (Å²) in [5, 5.41) is 8.96. The lowest BCUT2D eigenvalue weighted by molar-refractivity contribution is -0.846. The quantitative estimate of drug-likeness (QED) is 0.443. The first-order valence-corrected chi connectivity index (χ1v) is 4.94. The number of quaternary nitrogens is 1. The van der Waals surface area contributed by atoms with Gasteiger partial charge in [0.25, 0.3) is 0 Å². The van der Waals surface area contributed by atoms with Crippen molar-refractivity contribution < 1.29 is 4.48 Å². The zero-order valence-electron chi connectivity index (χ0n) is 8.64. The maximum Gasteiger partial charge on any atom is 0.308 e. The lowest BCUT2D eigenvalue weighted by atomic mass is 10.2. The number of unbranched alkanes of at least 4 members (excludes halogenated alkanes) is 2. The molecule has 0 aromatic heterocycles. The highest BCUT2D eigenvalue weighted by Gasteiger charge is 2.19. The van der Waals surface area contributed by atoms with Gasteiger partial charge in [0.15, 0.2) is 0 Å². The molecule has 0 fully saturated rings. The third-order valence-corrected chi connectivity index (χ3v) is 2.25. The number of hydrogen-bond acceptors (Lipinski definition) is 1. The zero-order valence-corrected chi connectivity index (χ0v) is 8.64. The number of hydrogen-bond donors (Lipinski definition) is 0. The molecule has 12 heavy (non-hydrogen) atoms. The van der Waals surface area contributed by atoms with Crippen LogP contribution >= 0.6 is 0 Å². The zero-order chi connectivity index (χ0) is 9.45. The molecule has 0 saturated carbocycles. The van der Waals surface area contributed by atoms with Crippen molar-refractivity contribution in [3.05, 3.63) is 0 Å². The predicted octanol–water partition coefficient (Wildman–Crippen LogP) is 2.51. The Morgan fingerprint density at radius 3 is 1.75 bits per heavy atom. The van der Waals surface area contributed by atoms with E-state index in [-0.39, 0.29) is 0 Å². The summed E-state index contributed by atoms with van der Waals surface area (Å²) in [6, 6.07) is 0. The van der Waals surface area contributed by atoms with E-state index >= 15 is 0 Å². The lowest BCUT2D eigenvalue weighted by Gasteiger charge is -2.24. The molecule has 0 aliphatic heterocycles. The first-order valence-electron chi connectivity index (χ1n) is 4.94. The average Bonchev–Trinajstić information content (AvgIpc) is 2.11. The Morgan fingerprint density at radius 1 is 1.08 bits per heavy atom. The molecule has 0 aromatic carbocycles. The predicted molar refractivity (Wildman–Crippen MR) is 51.3 cm³/mol. The largest absolute Gasteiger partial charge is 0.308 e. The van der Waals surface area contributed by atoms with Crippen LogP contribution in [0.15, 0.2) is 0 Å². The minimum atomic E-state index is 0.585. The average molecular weight is 169 g/mol. The first-order chi connectivity index (χ1) is 5.68. The molecule has 0 N–H and O–H groups in total. The molecule has 0 aliphatic carbocycles. The minimum Gasteiger partial charge on any atom is -0.226 e. The SMILES string of the molecule is CCCC[N+](C)(C#N)CCCC. The van der Waals surface area contributed by atoms with Crippen LogP contribution in [0.2, 0.25) is 0 Å². The Kier molecular flexibility index (Phi) is 5.74. The van der Waals surface area contributed by atoms with Crippen LogP contribution in [0.5, 0.6) is 0 Å². The molecule has 2 nitrogen and oxygen atoms in total. The van der Waals surface area contributed by atoms with Crippen molar-refractivity contribution in [2.45, 2.75) is 39.5 Å². The molecule has 0 heterocycles. The lowest BCUT2D eigenvalue weighted by Crippen LogP contribution is -2.40. The van der Waals surface area contributed by atoms with E-state index in [4.69, 9.17) is 5.26 Å². The summed E-state index contributed by atoms with van der Waals surface area (Å²) in [5.74, 6) is 0. The Labute approximate surface area is 76.4 Å². The van der Waals surface area contributed by atoms with Crippen LogP contribution in [0.1, 0.15) is 39.5 Å². The van der Waals surface area contributed by atoms with Crippen molar-refractivity contribution in [3.8, 4) is 6.19 Å². The van der Waals surface area contributed by atoms with Crippen molar-refractivity contribution in [1.82, 2.24) is 0 Å². The summed E-state index contributed by atoms with van der Waals surface area (Å²) < 4.78 is 0.585. The van der Waals surface area contributed by atoms with Crippen LogP contribution in [0, 0.1) is 11.5 Å². The Hall–Kier alpha value is -0.550. The molecule has 70 valence electrons. The third-order valence-electron chi connectivity index (χ3n) is 2.25. The molecule has 0 amide bonds. The number of nitriles is 1. The van der Waals surface area contributed by atoms with Crippen molar-refractivity contribution in [1.29, 1.82) is 5.26 Å². The topological polar surface area (TPSA) is 23.8 Å². The molecule has 2 heteroatoms. The molecule has 0 aromatic rings. The smallest absolute Gasteiger partial charge is 0.226 e. The maximum absolute atomic E-state index is 8.96. The summed E-state index contributed by atoms with van der Waals surface area (Å²) >= 11 is 0. The molecule has 0 spiro atoms. The molecular formula is C10H21N2+. The molecule has 0 bridgehead atoms. The molecule has 0 aliphatic rings. The molecule has 0 saturated heterocycles. The van der Waals surface area contributed by atoms with Crippen LogP contribution in [-0.2, 0) is 0 Å². The van der Waals surface area contributed by atoms with Gasteiger partial charge in [-0.3, -0.25) is 0 Å². The number of rotatable bonds is 6. The van der Waals surface area contributed by atoms with Gasteiger partial charge in [-0.2, -0.15) is 0 Å². The van der Waals surface area contributed by atoms with Crippen LogP contribution in [-0.4, -0.2) is 24.6 Å². The Morgan fingerprint density at radius 2 is 1.50 bits per heavy atom. The van der Waals surface area contributed by atoms with Gasteiger partial charge in [0.2, 0.25) is 0 Å². The van der Waals surface area contributed by atoms with Crippen molar-refractivity contribution in [3.63, 3.8) is 0 Å². The minimum absolute atomic E-state index is 0.585. The highest BCUT2D eigenvalue weighted by Crippen LogP contribution is 2.06. The van der Waals surface area contributed by atoms with Crippen LogP contribution in [0.3, 0.4) is 0 Å². The normalized spacial score (nSPS) is 11.2. The van der Waals surface area contributed by atoms with Gasteiger partial charge < -0.3 is 0 Å². The van der Waals surface area contributed by atoms with Crippen molar-refractivity contribution in [2.75, 3.05) is 20.1 Å². The monoisotopic (exact) mass is 169 g/mol. The molecule has 0 atom stereocenters. The fourth-order valence-electron chi connectivity index (χ4n) is 1.23. The highest BCUT2D eigenvalue weighted by atomic mass is 15.3. The van der Waals surface area contributed by atoms with Gasteiger partial charge in [0.05, 0.1) is 20.1 Å². The fourth-order valence-corrected chi connectivity index (χ4v) is 1.23. The maximum atomic E-state index is 8.96. The number of nitrogens with zero attached hydrogens (tertiary/aromatic N) is 2. The van der Waals surface area contributed by atoms with Gasteiger partial charge in [0.1, 0.15) is 0 Å². The van der Waals surface area contributed by atoms with Crippen LogP contribution in [0.4, 0.5) is 0 Å². The van der Waals surface area contributed by atoms with Crippen molar-refractivity contribution in [2.24, 2.45) is 0 Å². The van der Waals surface area contributed by atoms with E-state index in [9.17, 15) is 0 Å². The molecule has 0 radical (unpaired) electrons. The fraction of sp³-hybridized carbons (Fsp3) is 0.900. The Balaban J connectivity index is 3.81. The summed E-state index contributed by atoms with van der Waals surface area (Å²) in [5.41, 5.74) is 0. The molecule has 0 unspecified atom stereocenters. The van der Waals surface area contributed by atoms with Gasteiger partial charge in [-0.1, -0.05) is 26.7 Å². The van der Waals surface area contributed by atoms with E-state index in [2.05, 4.69) is 20.0 Å². The van der Waals surface area contributed by atoms with E-state index in [1.807, 2.05) is 7.05 Å². The van der Waals surface area contributed by atoms with Gasteiger partial charge in [-0.15, -0.1) is 5.26 Å². The summed E-state index contributed by atoms with van der Waals surface area (Å²) in [6.45, 7) is 6.35. The van der Waals surface area contributed by atoms with E-state index in [1.165, 1.54) is 12.8 Å². The summed E-state index contributed by atoms with van der Waals surface area (Å²) in [4.78, 5) is 0. The van der Waals surface area contributed by atoms with E-state index in [0.29, 0.717) is 4.48 Å². The second-order valence-corrected chi connectivity index (χ2v) is 3.65. The van der Waals surface area contributed by atoms with E-state index in [1.54, 1.807) is 0 Å². The Bertz CT molecular complexity index is 138. The standard InChI is InChI=1S/C10H21N2/c1-4-6-8-12(3,10-11)9-7-5-2/h4-9H2,1-3H3/q+1. The summed E-state index contributed by atoms with van der Waals surface area (Å²) in [7, 11) is 2.03. The van der Waals surface area contributed by atoms with E-state index in [0.717, 1.165) is 25.9 Å². The van der Waals surface area contributed by atoms with Crippen molar-refractivity contribution >= 4 is 0 Å². The van der Waals surface area contributed by atoms with Crippen LogP contribution < -0.4 is 0 Å². The van der Waals surface area contributed by atoms with Gasteiger partial charge >= 0.3 is 6.19 Å². The second-order valence-electron chi connectivity index (χ2n) is 3.65. The van der Waals surface area contributed by atoms with Gasteiger partial charge in [-0.25, -0.2) is 4.48 Å². The highest BCUT2D eigenvalue weighted by molar-refractivity contribution is 4.55. The molecule has 0 rings (SSSR count).